The number of rotatable bonds is 10. The standard InChI is InChI=1S/C32H32N2O9/c1-20(35)42-29-28(37)26(43-30(29)34-18-17-27(36)33-31(34)38)19-41-32(21-7-5-4-6-8-21,22-9-13-24(39-2)14-10-22)23-11-15-25(40-3)16-12-23/h4-18,26,28-30,37H,19H2,1-3H3,(H,33,36,38)/t26-,28-,29-,30-/m1/s1. The fourth-order valence-corrected chi connectivity index (χ4v) is 5.31. The van der Waals surface area contributed by atoms with E-state index >= 15 is 0 Å². The Morgan fingerprint density at radius 2 is 1.44 bits per heavy atom. The summed E-state index contributed by atoms with van der Waals surface area (Å²) in [5.41, 5.74) is -0.256. The van der Waals surface area contributed by atoms with Crippen molar-refractivity contribution in [2.24, 2.45) is 0 Å². The second-order valence-electron chi connectivity index (χ2n) is 9.96. The van der Waals surface area contributed by atoms with Crippen LogP contribution in [-0.4, -0.2) is 59.8 Å². The third-order valence-corrected chi connectivity index (χ3v) is 7.38. The van der Waals surface area contributed by atoms with Crippen molar-refractivity contribution < 1.29 is 33.6 Å². The average Bonchev–Trinajstić information content (AvgIpc) is 3.32. The maximum atomic E-state index is 12.6. The molecule has 11 heteroatoms. The molecular weight excluding hydrogens is 556 g/mol. The Labute approximate surface area is 247 Å². The summed E-state index contributed by atoms with van der Waals surface area (Å²) < 4.78 is 30.2. The zero-order valence-electron chi connectivity index (χ0n) is 23.8. The van der Waals surface area contributed by atoms with Crippen LogP contribution in [0.15, 0.2) is 101 Å². The van der Waals surface area contributed by atoms with Crippen molar-refractivity contribution in [3.05, 3.63) is 129 Å². The molecule has 0 radical (unpaired) electrons. The van der Waals surface area contributed by atoms with Gasteiger partial charge in [0, 0.05) is 19.2 Å². The molecular formula is C32H32N2O9. The Morgan fingerprint density at radius 1 is 0.884 bits per heavy atom. The fourth-order valence-electron chi connectivity index (χ4n) is 5.31. The number of aromatic amines is 1. The number of carbonyl (C=O) groups is 1. The topological polar surface area (TPSA) is 138 Å². The van der Waals surface area contributed by atoms with E-state index in [0.29, 0.717) is 11.5 Å². The molecule has 3 aromatic carbocycles. The van der Waals surface area contributed by atoms with Crippen molar-refractivity contribution in [1.29, 1.82) is 0 Å². The number of aliphatic hydroxyl groups is 1. The SMILES string of the molecule is COc1ccc(C(OC[C@H]2O[C@@H](n3ccc(=O)[nH]c3=O)[C@H](OC(C)=O)[C@@H]2O)(c2ccccc2)c2ccc(OC)cc2)cc1. The van der Waals surface area contributed by atoms with Crippen molar-refractivity contribution in [3.8, 4) is 11.5 Å². The van der Waals surface area contributed by atoms with Gasteiger partial charge in [-0.25, -0.2) is 4.79 Å². The largest absolute Gasteiger partial charge is 0.497 e. The molecule has 5 rings (SSSR count). The second-order valence-corrected chi connectivity index (χ2v) is 9.96. The van der Waals surface area contributed by atoms with Gasteiger partial charge < -0.3 is 28.8 Å². The number of nitrogens with zero attached hydrogens (tertiary/aromatic N) is 1. The van der Waals surface area contributed by atoms with Gasteiger partial charge in [-0.15, -0.1) is 0 Å². The van der Waals surface area contributed by atoms with E-state index in [2.05, 4.69) is 4.98 Å². The maximum Gasteiger partial charge on any atom is 0.330 e. The molecule has 0 spiro atoms. The highest BCUT2D eigenvalue weighted by molar-refractivity contribution is 5.66. The molecule has 0 amide bonds. The van der Waals surface area contributed by atoms with Crippen molar-refractivity contribution in [1.82, 2.24) is 9.55 Å². The summed E-state index contributed by atoms with van der Waals surface area (Å²) in [5, 5.41) is 11.3. The van der Waals surface area contributed by atoms with Crippen LogP contribution in [0.1, 0.15) is 29.8 Å². The van der Waals surface area contributed by atoms with Crippen LogP contribution in [0, 0.1) is 0 Å². The quantitative estimate of drug-likeness (QED) is 0.212. The van der Waals surface area contributed by atoms with Gasteiger partial charge in [0.2, 0.25) is 0 Å². The van der Waals surface area contributed by atoms with Gasteiger partial charge in [-0.2, -0.15) is 0 Å². The van der Waals surface area contributed by atoms with E-state index in [9.17, 15) is 19.5 Å². The summed E-state index contributed by atoms with van der Waals surface area (Å²) in [6, 6.07) is 25.6. The first-order chi connectivity index (χ1) is 20.8. The minimum atomic E-state index is -1.37. The first-order valence-electron chi connectivity index (χ1n) is 13.6. The first kappa shape index (κ1) is 29.8. The summed E-state index contributed by atoms with van der Waals surface area (Å²) in [7, 11) is 3.17. The number of esters is 1. The van der Waals surface area contributed by atoms with Gasteiger partial charge in [-0.1, -0.05) is 54.6 Å². The van der Waals surface area contributed by atoms with Crippen molar-refractivity contribution in [2.45, 2.75) is 37.1 Å². The predicted molar refractivity (Wildman–Crippen MR) is 155 cm³/mol. The van der Waals surface area contributed by atoms with E-state index in [-0.39, 0.29) is 6.61 Å². The monoisotopic (exact) mass is 588 g/mol. The van der Waals surface area contributed by atoms with Crippen LogP contribution in [0.5, 0.6) is 11.5 Å². The van der Waals surface area contributed by atoms with Crippen LogP contribution in [0.3, 0.4) is 0 Å². The van der Waals surface area contributed by atoms with Crippen molar-refractivity contribution >= 4 is 5.97 Å². The highest BCUT2D eigenvalue weighted by atomic mass is 16.6. The number of H-pyrrole nitrogens is 1. The Bertz CT molecular complexity index is 1600. The van der Waals surface area contributed by atoms with Gasteiger partial charge >= 0.3 is 11.7 Å². The second kappa shape index (κ2) is 12.7. The van der Waals surface area contributed by atoms with E-state index in [1.807, 2.05) is 78.9 Å². The Balaban J connectivity index is 1.58. The van der Waals surface area contributed by atoms with Crippen molar-refractivity contribution in [3.63, 3.8) is 0 Å². The van der Waals surface area contributed by atoms with E-state index in [0.717, 1.165) is 27.3 Å². The maximum absolute atomic E-state index is 12.6. The Kier molecular flexibility index (Phi) is 8.76. The zero-order chi connectivity index (χ0) is 30.6. The molecule has 1 aliphatic rings. The summed E-state index contributed by atoms with van der Waals surface area (Å²) in [5.74, 6) is 0.647. The summed E-state index contributed by atoms with van der Waals surface area (Å²) in [4.78, 5) is 38.4. The Morgan fingerprint density at radius 3 is 1.95 bits per heavy atom. The lowest BCUT2D eigenvalue weighted by molar-refractivity contribution is -0.156. The summed E-state index contributed by atoms with van der Waals surface area (Å²) in [6.07, 6.45) is -3.64. The van der Waals surface area contributed by atoms with Gasteiger partial charge in [0.25, 0.3) is 5.56 Å². The van der Waals surface area contributed by atoms with E-state index in [1.54, 1.807) is 14.2 Å². The molecule has 1 saturated heterocycles. The van der Waals surface area contributed by atoms with Crippen molar-refractivity contribution in [2.75, 3.05) is 20.8 Å². The van der Waals surface area contributed by atoms with Crippen LogP contribution in [0.25, 0.3) is 0 Å². The molecule has 0 saturated carbocycles. The van der Waals surface area contributed by atoms with Crippen LogP contribution < -0.4 is 20.7 Å². The first-order valence-corrected chi connectivity index (χ1v) is 13.6. The normalized spacial score (nSPS) is 20.0. The number of aliphatic hydroxyl groups excluding tert-OH is 1. The van der Waals surface area contributed by atoms with Gasteiger partial charge in [0.15, 0.2) is 12.3 Å². The molecule has 0 aliphatic carbocycles. The van der Waals surface area contributed by atoms with Gasteiger partial charge in [-0.3, -0.25) is 19.1 Å². The number of ether oxygens (including phenoxy) is 5. The lowest BCUT2D eigenvalue weighted by Gasteiger charge is -2.37. The molecule has 1 aromatic heterocycles. The number of carbonyl (C=O) groups excluding carboxylic acids is 1. The molecule has 1 fully saturated rings. The minimum Gasteiger partial charge on any atom is -0.497 e. The average molecular weight is 589 g/mol. The van der Waals surface area contributed by atoms with E-state index in [4.69, 9.17) is 23.7 Å². The lowest BCUT2D eigenvalue weighted by Crippen LogP contribution is -2.41. The summed E-state index contributed by atoms with van der Waals surface area (Å²) in [6.45, 7) is 1.01. The number of nitrogens with one attached hydrogen (secondary N) is 1. The number of methoxy groups -OCH3 is 2. The molecule has 0 bridgehead atoms. The third-order valence-electron chi connectivity index (χ3n) is 7.38. The van der Waals surface area contributed by atoms with E-state index in [1.165, 1.54) is 13.1 Å². The third kappa shape index (κ3) is 5.96. The van der Waals surface area contributed by atoms with Crippen LogP contribution >= 0.6 is 0 Å². The molecule has 43 heavy (non-hydrogen) atoms. The van der Waals surface area contributed by atoms with Gasteiger partial charge in [-0.05, 0) is 41.0 Å². The number of hydrogen-bond acceptors (Lipinski definition) is 9. The minimum absolute atomic E-state index is 0.180. The van der Waals surface area contributed by atoms with Gasteiger partial charge in [0.05, 0.1) is 20.8 Å². The molecule has 224 valence electrons. The number of benzene rings is 3. The molecule has 11 nitrogen and oxygen atoms in total. The van der Waals surface area contributed by atoms with Gasteiger partial charge in [0.1, 0.15) is 29.3 Å². The molecule has 2 N–H and O–H groups in total. The molecule has 0 unspecified atom stereocenters. The molecule has 1 aliphatic heterocycles. The Hall–Kier alpha value is -4.71. The molecule has 4 aromatic rings. The zero-order valence-corrected chi connectivity index (χ0v) is 23.8. The van der Waals surface area contributed by atoms with Crippen LogP contribution in [-0.2, 0) is 24.6 Å². The fraction of sp³-hybridized carbons (Fsp3) is 0.281. The van der Waals surface area contributed by atoms with Crippen LogP contribution in [0.2, 0.25) is 0 Å². The van der Waals surface area contributed by atoms with Crippen LogP contribution in [0.4, 0.5) is 0 Å². The smallest absolute Gasteiger partial charge is 0.330 e. The highest BCUT2D eigenvalue weighted by Gasteiger charge is 2.49. The predicted octanol–water partition coefficient (Wildman–Crippen LogP) is 2.75. The van der Waals surface area contributed by atoms with E-state index < -0.39 is 47.4 Å². The summed E-state index contributed by atoms with van der Waals surface area (Å²) >= 11 is 0. The lowest BCUT2D eigenvalue weighted by atomic mass is 9.80. The highest BCUT2D eigenvalue weighted by Crippen LogP contribution is 2.43. The number of hydrogen-bond donors (Lipinski definition) is 2. The molecule has 4 atom stereocenters. The molecule has 2 heterocycles. The number of aromatic nitrogens is 2.